The van der Waals surface area contributed by atoms with E-state index >= 15 is 0 Å². The second kappa shape index (κ2) is 10.1. The molecule has 0 unspecified atom stereocenters. The maximum Gasteiger partial charge on any atom is 0.304 e. The third kappa shape index (κ3) is 6.06. The number of nitrogens with zero attached hydrogens (tertiary/aromatic N) is 2. The van der Waals surface area contributed by atoms with Crippen molar-refractivity contribution >= 4 is 21.8 Å². The lowest BCUT2D eigenvalue weighted by atomic mass is 10.0. The van der Waals surface area contributed by atoms with Crippen LogP contribution in [0.3, 0.4) is 0 Å². The van der Waals surface area contributed by atoms with Gasteiger partial charge >= 0.3 is 10.2 Å². The predicted molar refractivity (Wildman–Crippen MR) is 123 cm³/mol. The van der Waals surface area contributed by atoms with Gasteiger partial charge in [0.05, 0.1) is 5.69 Å². The molecule has 1 N–H and O–H groups in total. The van der Waals surface area contributed by atoms with E-state index in [4.69, 9.17) is 0 Å². The summed E-state index contributed by atoms with van der Waals surface area (Å²) >= 11 is 0. The maximum atomic E-state index is 12.9. The third-order valence-electron chi connectivity index (χ3n) is 5.04. The second-order valence-corrected chi connectivity index (χ2v) is 10.1. The smallest absolute Gasteiger partial charge is 0.304 e. The Kier molecular flexibility index (Phi) is 8.03. The van der Waals surface area contributed by atoms with Crippen molar-refractivity contribution in [2.24, 2.45) is 0 Å². The Morgan fingerprint density at radius 2 is 1.67 bits per heavy atom. The highest BCUT2D eigenvalue weighted by molar-refractivity contribution is 7.90. The van der Waals surface area contributed by atoms with Crippen molar-refractivity contribution in [3.8, 4) is 0 Å². The van der Waals surface area contributed by atoms with Gasteiger partial charge in [0.15, 0.2) is 0 Å². The van der Waals surface area contributed by atoms with E-state index in [1.807, 2.05) is 26.0 Å². The maximum absolute atomic E-state index is 12.9. The number of hydrogen-bond acceptors (Lipinski definition) is 3. The lowest BCUT2D eigenvalue weighted by Crippen LogP contribution is -2.46. The number of carbonyl (C=O) groups excluding carboxylic acids is 1. The lowest BCUT2D eigenvalue weighted by molar-refractivity contribution is -0.119. The molecule has 0 spiro atoms. The lowest BCUT2D eigenvalue weighted by Gasteiger charge is -2.28. The molecule has 0 aliphatic carbocycles. The molecule has 2 aromatic rings. The highest BCUT2D eigenvalue weighted by Crippen LogP contribution is 2.25. The first-order chi connectivity index (χ1) is 14.0. The third-order valence-corrected chi connectivity index (χ3v) is 6.85. The second-order valence-electron chi connectivity index (χ2n) is 8.08. The number of hydrogen-bond donors (Lipinski definition) is 1. The van der Waals surface area contributed by atoms with Gasteiger partial charge in [-0.25, -0.2) is 4.31 Å². The predicted octanol–water partition coefficient (Wildman–Crippen LogP) is 3.40. The Hall–Kier alpha value is -2.38. The van der Waals surface area contributed by atoms with E-state index in [-0.39, 0.29) is 12.5 Å². The summed E-state index contributed by atoms with van der Waals surface area (Å²) in [5, 5.41) is 2.85. The van der Waals surface area contributed by atoms with Crippen LogP contribution in [0.1, 0.15) is 42.0 Å². The van der Waals surface area contributed by atoms with Gasteiger partial charge in [0, 0.05) is 20.6 Å². The molecule has 0 saturated heterocycles. The average molecular weight is 432 g/mol. The monoisotopic (exact) mass is 431 g/mol. The van der Waals surface area contributed by atoms with Gasteiger partial charge in [-0.2, -0.15) is 12.7 Å². The van der Waals surface area contributed by atoms with Gasteiger partial charge in [-0.15, -0.1) is 0 Å². The quantitative estimate of drug-likeness (QED) is 0.662. The Labute approximate surface area is 181 Å². The minimum Gasteiger partial charge on any atom is -0.354 e. The molecule has 0 aliphatic heterocycles. The molecule has 30 heavy (non-hydrogen) atoms. The van der Waals surface area contributed by atoms with E-state index in [9.17, 15) is 13.2 Å². The zero-order valence-corrected chi connectivity index (χ0v) is 19.6. The summed E-state index contributed by atoms with van der Waals surface area (Å²) in [5.74, 6) is 0.147. The first-order valence-corrected chi connectivity index (χ1v) is 11.5. The zero-order chi connectivity index (χ0) is 22.5. The number of carbonyl (C=O) groups is 1. The van der Waals surface area contributed by atoms with Crippen molar-refractivity contribution in [3.05, 3.63) is 64.7 Å². The number of anilines is 1. The molecule has 6 nitrogen and oxygen atoms in total. The van der Waals surface area contributed by atoms with Crippen LogP contribution in [0.25, 0.3) is 0 Å². The van der Waals surface area contributed by atoms with E-state index in [2.05, 4.69) is 43.4 Å². The topological polar surface area (TPSA) is 69.7 Å². The summed E-state index contributed by atoms with van der Waals surface area (Å²) in [5.41, 5.74) is 4.65. The van der Waals surface area contributed by atoms with Crippen molar-refractivity contribution in [2.45, 2.75) is 40.0 Å². The van der Waals surface area contributed by atoms with Crippen LogP contribution in [-0.2, 0) is 21.4 Å². The van der Waals surface area contributed by atoms with Crippen molar-refractivity contribution in [1.29, 1.82) is 0 Å². The Bertz CT molecular complexity index is 968. The van der Waals surface area contributed by atoms with Gasteiger partial charge in [-0.3, -0.25) is 4.79 Å². The molecule has 164 valence electrons. The number of rotatable bonds is 9. The van der Waals surface area contributed by atoms with Crippen molar-refractivity contribution < 1.29 is 13.2 Å². The van der Waals surface area contributed by atoms with Crippen LogP contribution in [0, 0.1) is 13.8 Å². The summed E-state index contributed by atoms with van der Waals surface area (Å²) in [6.07, 6.45) is 0.689. The molecule has 0 bridgehead atoms. The van der Waals surface area contributed by atoms with Crippen molar-refractivity contribution in [3.63, 3.8) is 0 Å². The van der Waals surface area contributed by atoms with E-state index in [0.29, 0.717) is 24.6 Å². The first kappa shape index (κ1) is 23.9. The molecule has 0 aromatic heterocycles. The minimum absolute atomic E-state index is 0.267. The molecule has 1 amide bonds. The highest BCUT2D eigenvalue weighted by Gasteiger charge is 2.28. The Balaban J connectivity index is 2.08. The van der Waals surface area contributed by atoms with Gasteiger partial charge in [0.1, 0.15) is 6.54 Å². The van der Waals surface area contributed by atoms with Crippen LogP contribution in [0.15, 0.2) is 42.5 Å². The Morgan fingerprint density at radius 1 is 1.03 bits per heavy atom. The van der Waals surface area contributed by atoms with Crippen molar-refractivity contribution in [2.75, 3.05) is 31.5 Å². The number of amides is 1. The van der Waals surface area contributed by atoms with E-state index < -0.39 is 10.2 Å². The Morgan fingerprint density at radius 3 is 2.23 bits per heavy atom. The fourth-order valence-corrected chi connectivity index (χ4v) is 4.20. The molecule has 0 aliphatic rings. The molecule has 7 heteroatoms. The molecule has 2 rings (SSSR count). The van der Waals surface area contributed by atoms with Gasteiger partial charge in [-0.1, -0.05) is 50.2 Å². The van der Waals surface area contributed by atoms with Gasteiger partial charge in [0.2, 0.25) is 5.91 Å². The molecular formula is C23H33N3O3S. The van der Waals surface area contributed by atoms with Gasteiger partial charge < -0.3 is 5.32 Å². The number of aryl methyl sites for hydroxylation is 2. The SMILES string of the molecule is Cc1ccc(C)c(N(CC(=O)NCCc2ccc(C(C)C)cc2)S(=O)(=O)N(C)C)c1. The van der Waals surface area contributed by atoms with Crippen molar-refractivity contribution in [1.82, 2.24) is 9.62 Å². The van der Waals surface area contributed by atoms with Gasteiger partial charge in [0.25, 0.3) is 0 Å². The number of nitrogens with one attached hydrogen (secondary N) is 1. The molecule has 0 atom stereocenters. The summed E-state index contributed by atoms with van der Waals surface area (Å²) in [4.78, 5) is 12.6. The molecule has 0 radical (unpaired) electrons. The van der Waals surface area contributed by atoms with Crippen LogP contribution in [0.4, 0.5) is 5.69 Å². The van der Waals surface area contributed by atoms with Crippen LogP contribution in [0.5, 0.6) is 0 Å². The average Bonchev–Trinajstić information content (AvgIpc) is 2.68. The highest BCUT2D eigenvalue weighted by atomic mass is 32.2. The summed E-state index contributed by atoms with van der Waals surface area (Å²) < 4.78 is 28.1. The zero-order valence-electron chi connectivity index (χ0n) is 18.8. The van der Waals surface area contributed by atoms with Crippen LogP contribution in [-0.4, -0.2) is 45.8 Å². The largest absolute Gasteiger partial charge is 0.354 e. The van der Waals surface area contributed by atoms with E-state index in [1.165, 1.54) is 24.0 Å². The van der Waals surface area contributed by atoms with E-state index in [1.54, 1.807) is 6.07 Å². The molecule has 0 heterocycles. The molecule has 0 saturated carbocycles. The molecular weight excluding hydrogens is 398 g/mol. The number of benzene rings is 2. The fourth-order valence-electron chi connectivity index (χ4n) is 3.08. The molecule has 0 fully saturated rings. The first-order valence-electron chi connectivity index (χ1n) is 10.2. The fraction of sp³-hybridized carbons (Fsp3) is 0.435. The standard InChI is InChI=1S/C23H33N3O3S/c1-17(2)21-11-9-20(10-12-21)13-14-24-23(27)16-26(30(28,29)25(5)6)22-15-18(3)7-8-19(22)4/h7-12,15,17H,13-14,16H2,1-6H3,(H,24,27). The van der Waals surface area contributed by atoms with Crippen LogP contribution < -0.4 is 9.62 Å². The minimum atomic E-state index is -3.81. The van der Waals surface area contributed by atoms with Crippen LogP contribution >= 0.6 is 0 Å². The summed E-state index contributed by atoms with van der Waals surface area (Å²) in [7, 11) is -0.882. The normalized spacial score (nSPS) is 11.7. The van der Waals surface area contributed by atoms with Crippen LogP contribution in [0.2, 0.25) is 0 Å². The molecule has 2 aromatic carbocycles. The van der Waals surface area contributed by atoms with E-state index in [0.717, 1.165) is 21.0 Å². The van der Waals surface area contributed by atoms with Gasteiger partial charge in [-0.05, 0) is 54.5 Å². The summed E-state index contributed by atoms with van der Waals surface area (Å²) in [6.45, 7) is 8.22. The summed E-state index contributed by atoms with van der Waals surface area (Å²) in [6, 6.07) is 13.9.